The van der Waals surface area contributed by atoms with Crippen LogP contribution < -0.4 is 5.32 Å². The zero-order valence-corrected chi connectivity index (χ0v) is 10.4. The third kappa shape index (κ3) is 4.95. The number of aromatic nitrogens is 1. The van der Waals surface area contributed by atoms with Crippen molar-refractivity contribution < 1.29 is 9.90 Å². The Hall–Kier alpha value is -1.42. The van der Waals surface area contributed by atoms with Crippen LogP contribution in [0.15, 0.2) is 24.5 Å². The van der Waals surface area contributed by atoms with Gasteiger partial charge in [-0.3, -0.25) is 9.78 Å². The van der Waals surface area contributed by atoms with Crippen molar-refractivity contribution >= 4 is 5.91 Å². The van der Waals surface area contributed by atoms with Crippen LogP contribution in [0.1, 0.15) is 37.0 Å². The topological polar surface area (TPSA) is 62.2 Å². The highest BCUT2D eigenvalue weighted by Crippen LogP contribution is 2.20. The van der Waals surface area contributed by atoms with Crippen molar-refractivity contribution in [2.24, 2.45) is 5.41 Å². The molecule has 17 heavy (non-hydrogen) atoms. The molecule has 1 aromatic heterocycles. The molecule has 0 fully saturated rings. The summed E-state index contributed by atoms with van der Waals surface area (Å²) < 4.78 is 0. The van der Waals surface area contributed by atoms with E-state index in [0.29, 0.717) is 12.1 Å². The highest BCUT2D eigenvalue weighted by molar-refractivity contribution is 5.93. The normalized spacial score (nSPS) is 11.2. The van der Waals surface area contributed by atoms with Crippen LogP contribution in [0.3, 0.4) is 0 Å². The van der Waals surface area contributed by atoms with Gasteiger partial charge in [0.15, 0.2) is 0 Å². The van der Waals surface area contributed by atoms with E-state index in [1.807, 2.05) is 13.8 Å². The Morgan fingerprint density at radius 1 is 1.41 bits per heavy atom. The number of hydrogen-bond donors (Lipinski definition) is 2. The van der Waals surface area contributed by atoms with Crippen LogP contribution in [0.5, 0.6) is 0 Å². The summed E-state index contributed by atoms with van der Waals surface area (Å²) in [6.45, 7) is 4.82. The molecule has 0 aliphatic carbocycles. The highest BCUT2D eigenvalue weighted by atomic mass is 16.3. The lowest BCUT2D eigenvalue weighted by Crippen LogP contribution is -2.26. The summed E-state index contributed by atoms with van der Waals surface area (Å²) in [4.78, 5) is 15.5. The van der Waals surface area contributed by atoms with Crippen LogP contribution in [0.2, 0.25) is 0 Å². The van der Waals surface area contributed by atoms with Crippen molar-refractivity contribution in [3.8, 4) is 0 Å². The lowest BCUT2D eigenvalue weighted by atomic mass is 9.89. The summed E-state index contributed by atoms with van der Waals surface area (Å²) in [5.74, 6) is -0.0748. The number of amides is 1. The molecule has 0 saturated carbocycles. The van der Waals surface area contributed by atoms with E-state index < -0.39 is 0 Å². The van der Waals surface area contributed by atoms with Crippen molar-refractivity contribution in [2.75, 3.05) is 13.2 Å². The fourth-order valence-corrected chi connectivity index (χ4v) is 1.45. The predicted molar refractivity (Wildman–Crippen MR) is 66.7 cm³/mol. The molecule has 0 atom stereocenters. The van der Waals surface area contributed by atoms with Crippen LogP contribution in [0.25, 0.3) is 0 Å². The second-order valence-corrected chi connectivity index (χ2v) is 4.92. The van der Waals surface area contributed by atoms with Gasteiger partial charge in [0.05, 0.1) is 0 Å². The molecule has 1 aromatic rings. The Morgan fingerprint density at radius 2 is 2.06 bits per heavy atom. The second kappa shape index (κ2) is 6.35. The number of aliphatic hydroxyl groups is 1. The van der Waals surface area contributed by atoms with Crippen LogP contribution in [-0.2, 0) is 0 Å². The molecule has 1 rings (SSSR count). The van der Waals surface area contributed by atoms with E-state index in [2.05, 4.69) is 10.3 Å². The summed E-state index contributed by atoms with van der Waals surface area (Å²) in [5, 5.41) is 11.9. The van der Waals surface area contributed by atoms with Crippen LogP contribution in [0.4, 0.5) is 0 Å². The van der Waals surface area contributed by atoms with Gasteiger partial charge >= 0.3 is 0 Å². The van der Waals surface area contributed by atoms with E-state index in [9.17, 15) is 4.79 Å². The van der Waals surface area contributed by atoms with E-state index in [4.69, 9.17) is 5.11 Å². The largest absolute Gasteiger partial charge is 0.396 e. The van der Waals surface area contributed by atoms with Crippen LogP contribution in [0, 0.1) is 5.41 Å². The van der Waals surface area contributed by atoms with E-state index in [1.165, 1.54) is 0 Å². The Labute approximate surface area is 102 Å². The first-order valence-electron chi connectivity index (χ1n) is 5.84. The SMILES string of the molecule is CC(C)(CO)CCCNC(=O)c1ccncc1. The van der Waals surface area contributed by atoms with Crippen molar-refractivity contribution in [1.29, 1.82) is 0 Å². The quantitative estimate of drug-likeness (QED) is 0.738. The molecule has 0 saturated heterocycles. The maximum absolute atomic E-state index is 11.7. The van der Waals surface area contributed by atoms with Crippen LogP contribution >= 0.6 is 0 Å². The minimum atomic E-state index is -0.0748. The van der Waals surface area contributed by atoms with Crippen molar-refractivity contribution in [3.63, 3.8) is 0 Å². The molecule has 0 unspecified atom stereocenters. The van der Waals surface area contributed by atoms with E-state index in [0.717, 1.165) is 12.8 Å². The number of nitrogens with zero attached hydrogens (tertiary/aromatic N) is 1. The molecule has 0 aromatic carbocycles. The Kier molecular flexibility index (Phi) is 5.10. The number of hydrogen-bond acceptors (Lipinski definition) is 3. The molecule has 0 aliphatic rings. The Balaban J connectivity index is 2.26. The molecule has 1 amide bonds. The van der Waals surface area contributed by atoms with E-state index in [1.54, 1.807) is 24.5 Å². The van der Waals surface area contributed by atoms with Gasteiger partial charge in [0.1, 0.15) is 0 Å². The molecule has 4 heteroatoms. The summed E-state index contributed by atoms with van der Waals surface area (Å²) in [6.07, 6.45) is 4.96. The molecule has 0 bridgehead atoms. The first kappa shape index (κ1) is 13.6. The van der Waals surface area contributed by atoms with Gasteiger partial charge in [-0.2, -0.15) is 0 Å². The number of rotatable bonds is 6. The Morgan fingerprint density at radius 3 is 2.65 bits per heavy atom. The minimum Gasteiger partial charge on any atom is -0.396 e. The number of carbonyl (C=O) groups is 1. The first-order chi connectivity index (χ1) is 8.05. The smallest absolute Gasteiger partial charge is 0.251 e. The maximum atomic E-state index is 11.7. The monoisotopic (exact) mass is 236 g/mol. The van der Waals surface area contributed by atoms with Crippen molar-refractivity contribution in [3.05, 3.63) is 30.1 Å². The van der Waals surface area contributed by atoms with Crippen molar-refractivity contribution in [2.45, 2.75) is 26.7 Å². The molecule has 0 spiro atoms. The summed E-state index contributed by atoms with van der Waals surface area (Å²) in [5.41, 5.74) is 0.558. The molecule has 0 aliphatic heterocycles. The Bertz CT molecular complexity index is 350. The zero-order chi connectivity index (χ0) is 12.7. The van der Waals surface area contributed by atoms with Crippen molar-refractivity contribution in [1.82, 2.24) is 10.3 Å². The lowest BCUT2D eigenvalue weighted by Gasteiger charge is -2.21. The lowest BCUT2D eigenvalue weighted by molar-refractivity contribution is 0.0948. The number of carbonyl (C=O) groups excluding carboxylic acids is 1. The molecule has 4 nitrogen and oxygen atoms in total. The number of aliphatic hydroxyl groups excluding tert-OH is 1. The third-order valence-electron chi connectivity index (χ3n) is 2.69. The molecule has 94 valence electrons. The first-order valence-corrected chi connectivity index (χ1v) is 5.84. The zero-order valence-electron chi connectivity index (χ0n) is 10.4. The molecular weight excluding hydrogens is 216 g/mol. The summed E-state index contributed by atoms with van der Waals surface area (Å²) in [6, 6.07) is 3.37. The predicted octanol–water partition coefficient (Wildman–Crippen LogP) is 1.61. The van der Waals surface area contributed by atoms with Crippen LogP contribution in [-0.4, -0.2) is 29.1 Å². The average Bonchev–Trinajstić information content (AvgIpc) is 2.35. The van der Waals surface area contributed by atoms with Gasteiger partial charge in [-0.1, -0.05) is 13.8 Å². The van der Waals surface area contributed by atoms with E-state index >= 15 is 0 Å². The van der Waals surface area contributed by atoms with Gasteiger partial charge in [-0.15, -0.1) is 0 Å². The maximum Gasteiger partial charge on any atom is 0.251 e. The van der Waals surface area contributed by atoms with Gasteiger partial charge in [-0.25, -0.2) is 0 Å². The molecular formula is C13H20N2O2. The molecule has 0 radical (unpaired) electrons. The molecule has 1 heterocycles. The van der Waals surface area contributed by atoms with Gasteiger partial charge < -0.3 is 10.4 Å². The van der Waals surface area contributed by atoms with E-state index in [-0.39, 0.29) is 17.9 Å². The second-order valence-electron chi connectivity index (χ2n) is 4.92. The van der Waals surface area contributed by atoms with Gasteiger partial charge in [-0.05, 0) is 30.4 Å². The molecule has 2 N–H and O–H groups in total. The minimum absolute atomic E-state index is 0.0681. The average molecular weight is 236 g/mol. The fourth-order valence-electron chi connectivity index (χ4n) is 1.45. The highest BCUT2D eigenvalue weighted by Gasteiger charge is 2.15. The van der Waals surface area contributed by atoms with Gasteiger partial charge in [0, 0.05) is 31.1 Å². The standard InChI is InChI=1S/C13H20N2O2/c1-13(2,10-16)6-3-7-15-12(17)11-4-8-14-9-5-11/h4-5,8-9,16H,3,6-7,10H2,1-2H3,(H,15,17). The van der Waals surface area contributed by atoms with Gasteiger partial charge in [0.2, 0.25) is 0 Å². The third-order valence-corrected chi connectivity index (χ3v) is 2.69. The number of pyridine rings is 1. The van der Waals surface area contributed by atoms with Gasteiger partial charge in [0.25, 0.3) is 5.91 Å². The number of nitrogens with one attached hydrogen (secondary N) is 1. The summed E-state index contributed by atoms with van der Waals surface area (Å²) in [7, 11) is 0. The summed E-state index contributed by atoms with van der Waals surface area (Å²) >= 11 is 0. The fraction of sp³-hybridized carbons (Fsp3) is 0.538.